The minimum atomic E-state index is 0.577. The highest BCUT2D eigenvalue weighted by Gasteiger charge is 2.14. The summed E-state index contributed by atoms with van der Waals surface area (Å²) in [5.41, 5.74) is 9.48. The molecule has 4 aromatic carbocycles. The molecule has 0 saturated heterocycles. The Balaban J connectivity index is 1.70. The van der Waals surface area contributed by atoms with E-state index in [4.69, 9.17) is 10.5 Å². The second-order valence-electron chi connectivity index (χ2n) is 7.69. The zero-order valence-electron chi connectivity index (χ0n) is 17.6. The molecule has 0 amide bonds. The van der Waals surface area contributed by atoms with Gasteiger partial charge in [-0.15, -0.1) is 0 Å². The summed E-state index contributed by atoms with van der Waals surface area (Å²) in [7, 11) is 1.70. The fourth-order valence-electron chi connectivity index (χ4n) is 4.36. The standard InChI is InChI=1S/C28H25N2O/c1-31-24-13-15-28-22(19-24)10-11-23(30(28)17-16-29)12-14-27-25-8-4-2-6-20(25)18-21-7-3-5-9-26(21)27/h2-15,18-19H,16-17,29H2,1H3/q+1/b14-12+. The number of fused-ring (bicyclic) bond motifs is 3. The van der Waals surface area contributed by atoms with Crippen LogP contribution >= 0.6 is 0 Å². The number of aromatic nitrogens is 1. The number of ether oxygens (including phenoxy) is 1. The van der Waals surface area contributed by atoms with Crippen LogP contribution in [-0.2, 0) is 6.54 Å². The molecule has 0 unspecified atom stereocenters. The average molecular weight is 406 g/mol. The number of hydrogen-bond acceptors (Lipinski definition) is 2. The van der Waals surface area contributed by atoms with Crippen LogP contribution in [0.2, 0.25) is 0 Å². The van der Waals surface area contributed by atoms with E-state index >= 15 is 0 Å². The van der Waals surface area contributed by atoms with Gasteiger partial charge in [0.2, 0.25) is 11.2 Å². The highest BCUT2D eigenvalue weighted by molar-refractivity contribution is 6.07. The highest BCUT2D eigenvalue weighted by Crippen LogP contribution is 2.30. The van der Waals surface area contributed by atoms with Crippen LogP contribution < -0.4 is 15.0 Å². The van der Waals surface area contributed by atoms with Crippen LogP contribution in [0.15, 0.2) is 84.9 Å². The van der Waals surface area contributed by atoms with E-state index in [2.05, 4.69) is 95.6 Å². The van der Waals surface area contributed by atoms with Gasteiger partial charge < -0.3 is 10.5 Å². The van der Waals surface area contributed by atoms with Gasteiger partial charge in [0, 0.05) is 18.2 Å². The van der Waals surface area contributed by atoms with E-state index in [9.17, 15) is 0 Å². The lowest BCUT2D eigenvalue weighted by Gasteiger charge is -2.09. The van der Waals surface area contributed by atoms with E-state index in [0.717, 1.165) is 28.9 Å². The van der Waals surface area contributed by atoms with Crippen molar-refractivity contribution in [2.75, 3.05) is 13.7 Å². The molecule has 5 rings (SSSR count). The molecule has 0 aliphatic carbocycles. The molecule has 0 fully saturated rings. The Labute approximate surface area is 182 Å². The number of benzene rings is 4. The third kappa shape index (κ3) is 3.54. The van der Waals surface area contributed by atoms with Gasteiger partial charge in [0.05, 0.1) is 19.0 Å². The molecule has 0 aliphatic rings. The molecule has 1 aromatic heterocycles. The lowest BCUT2D eigenvalue weighted by atomic mass is 9.96. The minimum absolute atomic E-state index is 0.577. The lowest BCUT2D eigenvalue weighted by molar-refractivity contribution is -0.670. The summed E-state index contributed by atoms with van der Waals surface area (Å²) in [5.74, 6) is 0.859. The molecule has 2 N–H and O–H groups in total. The van der Waals surface area contributed by atoms with Crippen LogP contribution in [0.25, 0.3) is 44.6 Å². The molecule has 0 saturated carbocycles. The van der Waals surface area contributed by atoms with E-state index in [1.807, 2.05) is 6.07 Å². The Kier molecular flexibility index (Phi) is 5.11. The third-order valence-corrected chi connectivity index (χ3v) is 5.86. The fraction of sp³-hybridized carbons (Fsp3) is 0.107. The largest absolute Gasteiger partial charge is 0.497 e. The van der Waals surface area contributed by atoms with Crippen LogP contribution in [0.3, 0.4) is 0 Å². The van der Waals surface area contributed by atoms with Gasteiger partial charge in [-0.05, 0) is 57.4 Å². The minimum Gasteiger partial charge on any atom is -0.497 e. The van der Waals surface area contributed by atoms with Crippen molar-refractivity contribution >= 4 is 44.6 Å². The number of nitrogens with zero attached hydrogens (tertiary/aromatic N) is 1. The lowest BCUT2D eigenvalue weighted by Crippen LogP contribution is -2.41. The molecule has 0 radical (unpaired) electrons. The number of hydrogen-bond donors (Lipinski definition) is 1. The van der Waals surface area contributed by atoms with Crippen molar-refractivity contribution in [3.05, 3.63) is 96.2 Å². The molecule has 0 aliphatic heterocycles. The van der Waals surface area contributed by atoms with Crippen LogP contribution in [0, 0.1) is 0 Å². The number of methoxy groups -OCH3 is 1. The van der Waals surface area contributed by atoms with Gasteiger partial charge in [0.25, 0.3) is 0 Å². The monoisotopic (exact) mass is 405 g/mol. The van der Waals surface area contributed by atoms with Gasteiger partial charge in [-0.2, -0.15) is 4.57 Å². The van der Waals surface area contributed by atoms with Crippen molar-refractivity contribution in [2.45, 2.75) is 6.54 Å². The second kappa shape index (κ2) is 8.21. The van der Waals surface area contributed by atoms with Gasteiger partial charge in [0.15, 0.2) is 6.54 Å². The first-order valence-electron chi connectivity index (χ1n) is 10.6. The molecule has 0 spiro atoms. The van der Waals surface area contributed by atoms with Gasteiger partial charge >= 0.3 is 0 Å². The Morgan fingerprint density at radius 1 is 0.774 bits per heavy atom. The van der Waals surface area contributed by atoms with Crippen molar-refractivity contribution in [1.82, 2.24) is 0 Å². The third-order valence-electron chi connectivity index (χ3n) is 5.86. The van der Waals surface area contributed by atoms with Crippen molar-refractivity contribution < 1.29 is 9.30 Å². The fourth-order valence-corrected chi connectivity index (χ4v) is 4.36. The first-order valence-corrected chi connectivity index (χ1v) is 10.6. The summed E-state index contributed by atoms with van der Waals surface area (Å²) in [6, 6.07) is 29.9. The van der Waals surface area contributed by atoms with E-state index in [-0.39, 0.29) is 0 Å². The van der Waals surface area contributed by atoms with Crippen LogP contribution in [0.1, 0.15) is 11.3 Å². The highest BCUT2D eigenvalue weighted by atomic mass is 16.5. The Bertz CT molecular complexity index is 1380. The van der Waals surface area contributed by atoms with Gasteiger partial charge in [-0.25, -0.2) is 0 Å². The van der Waals surface area contributed by atoms with E-state index in [0.29, 0.717) is 6.54 Å². The molecule has 1 heterocycles. The van der Waals surface area contributed by atoms with Crippen LogP contribution in [-0.4, -0.2) is 13.7 Å². The Morgan fingerprint density at radius 2 is 1.48 bits per heavy atom. The zero-order chi connectivity index (χ0) is 21.2. The van der Waals surface area contributed by atoms with E-state index in [1.165, 1.54) is 27.1 Å². The summed E-state index contributed by atoms with van der Waals surface area (Å²) in [6.45, 7) is 1.33. The summed E-state index contributed by atoms with van der Waals surface area (Å²) in [5, 5.41) is 6.16. The van der Waals surface area contributed by atoms with Gasteiger partial charge in [-0.1, -0.05) is 48.5 Å². The summed E-state index contributed by atoms with van der Waals surface area (Å²) < 4.78 is 7.67. The molecule has 3 heteroatoms. The second-order valence-corrected chi connectivity index (χ2v) is 7.69. The predicted octanol–water partition coefficient (Wildman–Crippen LogP) is 5.57. The Hall–Kier alpha value is -3.69. The maximum atomic E-state index is 5.96. The number of rotatable bonds is 5. The van der Waals surface area contributed by atoms with Crippen molar-refractivity contribution in [3.8, 4) is 5.75 Å². The molecule has 3 nitrogen and oxygen atoms in total. The molecule has 0 atom stereocenters. The smallest absolute Gasteiger partial charge is 0.213 e. The number of pyridine rings is 1. The van der Waals surface area contributed by atoms with Crippen molar-refractivity contribution in [2.24, 2.45) is 5.73 Å². The van der Waals surface area contributed by atoms with E-state index < -0.39 is 0 Å². The summed E-state index contributed by atoms with van der Waals surface area (Å²) in [4.78, 5) is 0. The molecular weight excluding hydrogens is 380 g/mol. The normalized spacial score (nSPS) is 11.7. The molecule has 0 bridgehead atoms. The first kappa shape index (κ1) is 19.3. The molecule has 31 heavy (non-hydrogen) atoms. The van der Waals surface area contributed by atoms with Crippen LogP contribution in [0.4, 0.5) is 0 Å². The van der Waals surface area contributed by atoms with Gasteiger partial charge in [-0.3, -0.25) is 0 Å². The zero-order valence-corrected chi connectivity index (χ0v) is 17.6. The SMILES string of the molecule is COc1ccc2c(ccc(/C=C/c3c4ccccc4cc4ccccc34)[n+]2CCN)c1. The van der Waals surface area contributed by atoms with Gasteiger partial charge in [0.1, 0.15) is 5.75 Å². The Morgan fingerprint density at radius 3 is 2.16 bits per heavy atom. The maximum Gasteiger partial charge on any atom is 0.213 e. The summed E-state index contributed by atoms with van der Waals surface area (Å²) >= 11 is 0. The van der Waals surface area contributed by atoms with Crippen molar-refractivity contribution in [1.29, 1.82) is 0 Å². The summed E-state index contributed by atoms with van der Waals surface area (Å²) in [6.07, 6.45) is 4.44. The average Bonchev–Trinajstić information content (AvgIpc) is 2.82. The van der Waals surface area contributed by atoms with E-state index in [1.54, 1.807) is 7.11 Å². The molecule has 5 aromatic rings. The molecular formula is C28H25N2O+. The van der Waals surface area contributed by atoms with Crippen molar-refractivity contribution in [3.63, 3.8) is 0 Å². The van der Waals surface area contributed by atoms with Crippen LogP contribution in [0.5, 0.6) is 5.75 Å². The predicted molar refractivity (Wildman–Crippen MR) is 130 cm³/mol. The first-order chi connectivity index (χ1) is 15.3. The maximum absolute atomic E-state index is 5.96. The quantitative estimate of drug-likeness (QED) is 0.307. The molecule has 152 valence electrons. The number of nitrogens with two attached hydrogens (primary N) is 1. The topological polar surface area (TPSA) is 39.1 Å².